The molecule has 2 aliphatic heterocycles. The van der Waals surface area contributed by atoms with E-state index < -0.39 is 5.97 Å². The topological polar surface area (TPSA) is 91.4 Å². The maximum absolute atomic E-state index is 13.7. The van der Waals surface area contributed by atoms with Crippen LogP contribution in [0.2, 0.25) is 0 Å². The Balaban J connectivity index is 1.52. The molecule has 0 unspecified atom stereocenters. The minimum Gasteiger partial charge on any atom is -0.465 e. The van der Waals surface area contributed by atoms with Crippen molar-refractivity contribution < 1.29 is 23.9 Å². The van der Waals surface area contributed by atoms with Gasteiger partial charge in [0, 0.05) is 37.9 Å². The number of anilines is 1. The van der Waals surface area contributed by atoms with Crippen molar-refractivity contribution in [3.63, 3.8) is 0 Å². The van der Waals surface area contributed by atoms with Crippen LogP contribution in [0.4, 0.5) is 15.3 Å². The number of benzene rings is 2. The molecule has 2 fully saturated rings. The molecule has 0 bridgehead atoms. The normalized spacial score (nSPS) is 16.3. The zero-order valence-corrected chi connectivity index (χ0v) is 22.5. The van der Waals surface area contributed by atoms with Gasteiger partial charge in [0.1, 0.15) is 0 Å². The van der Waals surface area contributed by atoms with Crippen LogP contribution in [0, 0.1) is 0 Å². The second-order valence-corrected chi connectivity index (χ2v) is 10.1. The second kappa shape index (κ2) is 12.8. The zero-order chi connectivity index (χ0) is 27.1. The number of carbonyl (C=O) groups excluding carboxylic acids is 3. The summed E-state index contributed by atoms with van der Waals surface area (Å²) in [6.45, 7) is 7.86. The van der Waals surface area contributed by atoms with Crippen LogP contribution >= 0.6 is 0 Å². The first-order valence-electron chi connectivity index (χ1n) is 13.3. The van der Waals surface area contributed by atoms with Gasteiger partial charge in [-0.3, -0.25) is 4.90 Å². The molecule has 4 rings (SSSR count). The number of amides is 4. The van der Waals surface area contributed by atoms with Crippen LogP contribution in [0.1, 0.15) is 54.1 Å². The Kier molecular flexibility index (Phi) is 9.23. The van der Waals surface area contributed by atoms with Crippen molar-refractivity contribution in [2.45, 2.75) is 45.2 Å². The number of hydrogen-bond acceptors (Lipinski definition) is 5. The van der Waals surface area contributed by atoms with Gasteiger partial charge in [-0.05, 0) is 68.0 Å². The summed E-state index contributed by atoms with van der Waals surface area (Å²) in [5.41, 5.74) is 3.38. The van der Waals surface area contributed by atoms with Crippen molar-refractivity contribution in [2.75, 3.05) is 51.4 Å². The molecule has 9 nitrogen and oxygen atoms in total. The molecule has 4 amide bonds. The number of morpholine rings is 1. The van der Waals surface area contributed by atoms with Gasteiger partial charge in [0.05, 0.1) is 32.4 Å². The number of esters is 1. The van der Waals surface area contributed by atoms with Crippen molar-refractivity contribution in [2.24, 2.45) is 0 Å². The van der Waals surface area contributed by atoms with Gasteiger partial charge in [-0.25, -0.2) is 14.4 Å². The molecule has 0 radical (unpaired) electrons. The lowest BCUT2D eigenvalue weighted by Gasteiger charge is -2.34. The third-order valence-corrected chi connectivity index (χ3v) is 7.08. The first kappa shape index (κ1) is 27.4. The van der Waals surface area contributed by atoms with Gasteiger partial charge in [0.15, 0.2) is 0 Å². The van der Waals surface area contributed by atoms with Crippen molar-refractivity contribution in [1.29, 1.82) is 0 Å². The first-order chi connectivity index (χ1) is 18.4. The summed E-state index contributed by atoms with van der Waals surface area (Å²) < 4.78 is 10.3. The molecule has 2 aromatic rings. The molecular formula is C29H38N4O5. The molecular weight excluding hydrogens is 484 g/mol. The van der Waals surface area contributed by atoms with E-state index in [1.807, 2.05) is 47.9 Å². The van der Waals surface area contributed by atoms with Crippen LogP contribution in [0.5, 0.6) is 0 Å². The second-order valence-electron chi connectivity index (χ2n) is 10.1. The van der Waals surface area contributed by atoms with Gasteiger partial charge >= 0.3 is 18.0 Å². The Morgan fingerprint density at radius 3 is 2.32 bits per heavy atom. The number of hydrogen-bond donors (Lipinski definition) is 1. The minimum absolute atomic E-state index is 0.00676. The molecule has 2 aliphatic rings. The Morgan fingerprint density at radius 1 is 1.00 bits per heavy atom. The van der Waals surface area contributed by atoms with E-state index in [1.165, 1.54) is 12.7 Å². The lowest BCUT2D eigenvalue weighted by atomic mass is 9.89. The number of carbonyl (C=O) groups is 3. The van der Waals surface area contributed by atoms with Crippen molar-refractivity contribution in [3.8, 4) is 0 Å². The summed E-state index contributed by atoms with van der Waals surface area (Å²) in [4.78, 5) is 43.4. The van der Waals surface area contributed by atoms with Crippen LogP contribution in [0.15, 0.2) is 48.5 Å². The summed E-state index contributed by atoms with van der Waals surface area (Å²) in [7, 11) is 1.36. The zero-order valence-electron chi connectivity index (χ0n) is 22.5. The predicted octanol–water partition coefficient (Wildman–Crippen LogP) is 4.23. The number of nitrogens with one attached hydrogen (secondary N) is 1. The van der Waals surface area contributed by atoms with Gasteiger partial charge in [0.25, 0.3) is 0 Å². The average molecular weight is 523 g/mol. The standard InChI is InChI=1S/C29H38N4O5/c1-21(2)30-28(35)31-13-11-23(12-14-31)25-5-4-6-26(19-25)33(29(36)32-15-17-38-18-16-32)20-22-7-9-24(10-8-22)27(34)37-3/h4-10,19,21,23H,11-18,20H2,1-3H3,(H,30,35). The van der Waals surface area contributed by atoms with Crippen molar-refractivity contribution in [3.05, 3.63) is 65.2 Å². The highest BCUT2D eigenvalue weighted by Gasteiger charge is 2.27. The Hall–Kier alpha value is -3.59. The van der Waals surface area contributed by atoms with Gasteiger partial charge in [0.2, 0.25) is 0 Å². The molecule has 9 heteroatoms. The molecule has 1 N–H and O–H groups in total. The SMILES string of the molecule is COC(=O)c1ccc(CN(C(=O)N2CCOCC2)c2cccc(C3CCN(C(=O)NC(C)C)CC3)c2)cc1. The van der Waals surface area contributed by atoms with E-state index in [1.54, 1.807) is 17.0 Å². The number of methoxy groups -OCH3 is 1. The smallest absolute Gasteiger partial charge is 0.337 e. The largest absolute Gasteiger partial charge is 0.465 e. The highest BCUT2D eigenvalue weighted by molar-refractivity contribution is 5.92. The number of rotatable bonds is 6. The van der Waals surface area contributed by atoms with Gasteiger partial charge in [-0.2, -0.15) is 0 Å². The molecule has 2 heterocycles. The molecule has 0 aliphatic carbocycles. The van der Waals surface area contributed by atoms with Gasteiger partial charge in [-0.15, -0.1) is 0 Å². The molecule has 0 saturated carbocycles. The predicted molar refractivity (Wildman–Crippen MR) is 145 cm³/mol. The first-order valence-corrected chi connectivity index (χ1v) is 13.3. The lowest BCUT2D eigenvalue weighted by molar-refractivity contribution is 0.0548. The van der Waals surface area contributed by atoms with Gasteiger partial charge in [-0.1, -0.05) is 24.3 Å². The third kappa shape index (κ3) is 6.83. The van der Waals surface area contributed by atoms with E-state index in [0.29, 0.717) is 57.4 Å². The average Bonchev–Trinajstić information content (AvgIpc) is 2.95. The molecule has 2 aromatic carbocycles. The molecule has 0 aromatic heterocycles. The summed E-state index contributed by atoms with van der Waals surface area (Å²) in [6, 6.07) is 15.4. The fraction of sp³-hybridized carbons (Fsp3) is 0.483. The quantitative estimate of drug-likeness (QED) is 0.574. The Bertz CT molecular complexity index is 1110. The monoisotopic (exact) mass is 522 g/mol. The Morgan fingerprint density at radius 2 is 1.68 bits per heavy atom. The maximum Gasteiger partial charge on any atom is 0.337 e. The number of nitrogens with zero attached hydrogens (tertiary/aromatic N) is 3. The van der Waals surface area contributed by atoms with Crippen LogP contribution < -0.4 is 10.2 Å². The minimum atomic E-state index is -0.391. The van der Waals surface area contributed by atoms with E-state index in [9.17, 15) is 14.4 Å². The third-order valence-electron chi connectivity index (χ3n) is 7.08. The summed E-state index contributed by atoms with van der Waals surface area (Å²) >= 11 is 0. The number of ether oxygens (including phenoxy) is 2. The number of piperidine rings is 1. The van der Waals surface area contributed by atoms with Crippen LogP contribution in [-0.4, -0.2) is 80.4 Å². The summed E-state index contributed by atoms with van der Waals surface area (Å²) in [5.74, 6) is -0.0732. The van der Waals surface area contributed by atoms with Crippen molar-refractivity contribution >= 4 is 23.7 Å². The summed E-state index contributed by atoms with van der Waals surface area (Å²) in [5, 5.41) is 2.97. The maximum atomic E-state index is 13.7. The molecule has 0 spiro atoms. The number of urea groups is 2. The Labute approximate surface area is 224 Å². The lowest BCUT2D eigenvalue weighted by Crippen LogP contribution is -2.48. The fourth-order valence-electron chi connectivity index (χ4n) is 4.94. The highest BCUT2D eigenvalue weighted by Crippen LogP contribution is 2.31. The number of likely N-dealkylation sites (tertiary alicyclic amines) is 1. The molecule has 2 saturated heterocycles. The van der Waals surface area contributed by atoms with Crippen molar-refractivity contribution in [1.82, 2.24) is 15.1 Å². The summed E-state index contributed by atoms with van der Waals surface area (Å²) in [6.07, 6.45) is 1.75. The van der Waals surface area contributed by atoms with E-state index in [2.05, 4.69) is 17.4 Å². The van der Waals surface area contributed by atoms with E-state index in [-0.39, 0.29) is 18.1 Å². The molecule has 38 heavy (non-hydrogen) atoms. The molecule has 0 atom stereocenters. The fourth-order valence-corrected chi connectivity index (χ4v) is 4.94. The van der Waals surface area contributed by atoms with E-state index in [0.717, 1.165) is 24.1 Å². The van der Waals surface area contributed by atoms with E-state index >= 15 is 0 Å². The van der Waals surface area contributed by atoms with Gasteiger partial charge < -0.3 is 24.6 Å². The van der Waals surface area contributed by atoms with Crippen LogP contribution in [-0.2, 0) is 16.0 Å². The highest BCUT2D eigenvalue weighted by atomic mass is 16.5. The molecule has 204 valence electrons. The van der Waals surface area contributed by atoms with E-state index in [4.69, 9.17) is 9.47 Å². The van der Waals surface area contributed by atoms with Crippen LogP contribution in [0.3, 0.4) is 0 Å². The van der Waals surface area contributed by atoms with Crippen LogP contribution in [0.25, 0.3) is 0 Å².